The molecule has 28 heavy (non-hydrogen) atoms. The molecular weight excluding hydrogens is 359 g/mol. The summed E-state index contributed by atoms with van der Waals surface area (Å²) in [7, 11) is 0. The Morgan fingerprint density at radius 2 is 2.21 bits per heavy atom. The highest BCUT2D eigenvalue weighted by molar-refractivity contribution is 6.04. The molecule has 0 unspecified atom stereocenters. The number of hydrogen-bond acceptors (Lipinski definition) is 4. The molecule has 0 radical (unpaired) electrons. The third kappa shape index (κ3) is 3.64. The Kier molecular flexibility index (Phi) is 4.89. The maximum atomic E-state index is 14.0. The highest BCUT2D eigenvalue weighted by Gasteiger charge is 2.26. The summed E-state index contributed by atoms with van der Waals surface area (Å²) in [5.41, 5.74) is 3.41. The second kappa shape index (κ2) is 7.64. The van der Waals surface area contributed by atoms with E-state index in [0.29, 0.717) is 18.0 Å². The van der Waals surface area contributed by atoms with Crippen LogP contribution in [0.2, 0.25) is 0 Å². The molecule has 0 saturated carbocycles. The molecule has 2 aromatic rings. The quantitative estimate of drug-likeness (QED) is 0.850. The third-order valence-corrected chi connectivity index (χ3v) is 4.59. The first kappa shape index (κ1) is 17.9. The molecule has 2 aliphatic heterocycles. The first-order valence-corrected chi connectivity index (χ1v) is 8.94. The number of amides is 2. The first-order valence-electron chi connectivity index (χ1n) is 8.94. The summed E-state index contributed by atoms with van der Waals surface area (Å²) in [5.74, 6) is 0.225. The van der Waals surface area contributed by atoms with E-state index in [1.807, 2.05) is 19.1 Å². The van der Waals surface area contributed by atoms with Crippen LogP contribution in [0.1, 0.15) is 17.7 Å². The molecule has 1 aromatic heterocycles. The number of carbonyl (C=O) groups excluding carboxylic acids is 1. The van der Waals surface area contributed by atoms with Crippen LogP contribution in [-0.2, 0) is 6.54 Å². The van der Waals surface area contributed by atoms with Gasteiger partial charge in [-0.1, -0.05) is 12.1 Å². The van der Waals surface area contributed by atoms with Gasteiger partial charge in [0.05, 0.1) is 23.6 Å². The zero-order chi connectivity index (χ0) is 19.5. The van der Waals surface area contributed by atoms with E-state index in [2.05, 4.69) is 15.3 Å². The summed E-state index contributed by atoms with van der Waals surface area (Å²) in [6, 6.07) is 8.83. The van der Waals surface area contributed by atoms with Crippen molar-refractivity contribution in [3.8, 4) is 5.75 Å². The van der Waals surface area contributed by atoms with E-state index in [1.54, 1.807) is 47.7 Å². The van der Waals surface area contributed by atoms with Crippen molar-refractivity contribution < 1.29 is 13.9 Å². The maximum absolute atomic E-state index is 14.0. The van der Waals surface area contributed by atoms with Gasteiger partial charge in [0.2, 0.25) is 0 Å². The second-order valence-electron chi connectivity index (χ2n) is 6.51. The Hall–Kier alpha value is -3.48. The fourth-order valence-electron chi connectivity index (χ4n) is 3.07. The van der Waals surface area contributed by atoms with Gasteiger partial charge in [-0.3, -0.25) is 14.9 Å². The molecule has 4 rings (SSSR count). The number of anilines is 2. The lowest BCUT2D eigenvalue weighted by atomic mass is 10.1. The van der Waals surface area contributed by atoms with Crippen molar-refractivity contribution in [1.82, 2.24) is 4.98 Å². The summed E-state index contributed by atoms with van der Waals surface area (Å²) < 4.78 is 19.8. The Morgan fingerprint density at radius 3 is 3.11 bits per heavy atom. The van der Waals surface area contributed by atoms with E-state index < -0.39 is 0 Å². The van der Waals surface area contributed by atoms with Crippen LogP contribution in [0.25, 0.3) is 0 Å². The van der Waals surface area contributed by atoms with Crippen LogP contribution in [0.15, 0.2) is 65.2 Å². The highest BCUT2D eigenvalue weighted by Crippen LogP contribution is 2.31. The molecule has 0 aliphatic carbocycles. The molecule has 2 aliphatic rings. The number of fused-ring (bicyclic) bond motifs is 1. The molecule has 142 valence electrons. The first-order chi connectivity index (χ1) is 13.6. The van der Waals surface area contributed by atoms with Crippen molar-refractivity contribution in [2.45, 2.75) is 19.9 Å². The number of hydrogen-bond donors (Lipinski definition) is 1. The maximum Gasteiger partial charge on any atom is 0.326 e. The number of nitrogens with one attached hydrogen (secondary N) is 1. The van der Waals surface area contributed by atoms with E-state index in [0.717, 1.165) is 16.9 Å². The zero-order valence-electron chi connectivity index (χ0n) is 15.4. The van der Waals surface area contributed by atoms with E-state index >= 15 is 0 Å². The lowest BCUT2D eigenvalue weighted by molar-refractivity contribution is 0.256. The molecule has 2 amide bonds. The Bertz CT molecular complexity index is 1010. The van der Waals surface area contributed by atoms with Gasteiger partial charge in [0.1, 0.15) is 23.9 Å². The van der Waals surface area contributed by atoms with Gasteiger partial charge >= 0.3 is 6.03 Å². The normalized spacial score (nSPS) is 15.9. The van der Waals surface area contributed by atoms with Gasteiger partial charge in [0, 0.05) is 24.9 Å². The number of aromatic nitrogens is 1. The van der Waals surface area contributed by atoms with Gasteiger partial charge in [-0.2, -0.15) is 0 Å². The van der Waals surface area contributed by atoms with Gasteiger partial charge in [-0.05, 0) is 36.8 Å². The zero-order valence-corrected chi connectivity index (χ0v) is 15.4. The fraction of sp³-hybridized carbons (Fsp3) is 0.190. The monoisotopic (exact) mass is 378 g/mol. The average molecular weight is 378 g/mol. The van der Waals surface area contributed by atoms with Crippen LogP contribution in [0.4, 0.5) is 20.6 Å². The summed E-state index contributed by atoms with van der Waals surface area (Å²) in [5, 5.41) is 2.85. The largest absolute Gasteiger partial charge is 0.487 e. The number of nitrogens with zero attached hydrogens (tertiary/aromatic N) is 3. The molecule has 0 saturated heterocycles. The Labute approximate surface area is 162 Å². The van der Waals surface area contributed by atoms with Gasteiger partial charge in [-0.15, -0.1) is 0 Å². The predicted molar refractivity (Wildman–Crippen MR) is 106 cm³/mol. The Balaban J connectivity index is 1.55. The number of benzene rings is 1. The molecule has 0 bridgehead atoms. The van der Waals surface area contributed by atoms with Crippen LogP contribution >= 0.6 is 0 Å². The minimum atomic E-state index is -0.310. The van der Waals surface area contributed by atoms with E-state index in [1.165, 1.54) is 0 Å². The molecular formula is C21H19FN4O2. The summed E-state index contributed by atoms with van der Waals surface area (Å²) >= 11 is 0. The van der Waals surface area contributed by atoms with Crippen LogP contribution in [0.3, 0.4) is 0 Å². The van der Waals surface area contributed by atoms with E-state index in [-0.39, 0.29) is 30.6 Å². The number of rotatable bonds is 4. The van der Waals surface area contributed by atoms with Crippen molar-refractivity contribution in [3.05, 3.63) is 71.5 Å². The predicted octanol–water partition coefficient (Wildman–Crippen LogP) is 4.53. The molecule has 3 heterocycles. The van der Waals surface area contributed by atoms with Crippen LogP contribution in [0.5, 0.6) is 5.75 Å². The molecule has 0 spiro atoms. The summed E-state index contributed by atoms with van der Waals surface area (Å²) in [4.78, 5) is 22.6. The number of aryl methyl sites for hydroxylation is 1. The molecule has 1 aromatic carbocycles. The third-order valence-electron chi connectivity index (χ3n) is 4.59. The van der Waals surface area contributed by atoms with Gasteiger partial charge in [0.15, 0.2) is 0 Å². The average Bonchev–Trinajstić information content (AvgIpc) is 2.91. The number of pyridine rings is 1. The van der Waals surface area contributed by atoms with Crippen molar-refractivity contribution in [3.63, 3.8) is 0 Å². The lowest BCUT2D eigenvalue weighted by Gasteiger charge is -2.30. The minimum absolute atomic E-state index is 0.0170. The number of urea groups is 1. The number of ether oxygens (including phenoxy) is 1. The molecule has 7 heteroatoms. The second-order valence-corrected chi connectivity index (χ2v) is 6.51. The lowest BCUT2D eigenvalue weighted by Crippen LogP contribution is -2.39. The fourth-order valence-corrected chi connectivity index (χ4v) is 3.07. The number of halogens is 1. The molecule has 1 N–H and O–H groups in total. The van der Waals surface area contributed by atoms with Crippen LogP contribution in [-0.4, -0.2) is 23.8 Å². The number of carbonyl (C=O) groups is 1. The van der Waals surface area contributed by atoms with Crippen molar-refractivity contribution in [2.24, 2.45) is 4.99 Å². The van der Waals surface area contributed by atoms with Crippen molar-refractivity contribution >= 4 is 23.6 Å². The van der Waals surface area contributed by atoms with Gasteiger partial charge < -0.3 is 10.1 Å². The Morgan fingerprint density at radius 1 is 1.32 bits per heavy atom. The standard InChI is InChI=1S/C21H19FN4O2/c1-14-7-8-15(28-13-19-16(22)5-2-3-9-24-19)11-20(14)26-12-18-17(25-21(26)27)6-4-10-23-18/h2-4,6-11H,5,12-13H2,1H3,(H,25,27). The summed E-state index contributed by atoms with van der Waals surface area (Å²) in [6.07, 6.45) is 6.87. The molecule has 0 fully saturated rings. The van der Waals surface area contributed by atoms with E-state index in [4.69, 9.17) is 4.74 Å². The SMILES string of the molecule is Cc1ccc(OCC2=C(F)CC=CC=N2)cc1N1Cc2ncccc2NC1=O. The van der Waals surface area contributed by atoms with Gasteiger partial charge in [-0.25, -0.2) is 9.18 Å². The minimum Gasteiger partial charge on any atom is -0.487 e. The van der Waals surface area contributed by atoms with Gasteiger partial charge in [0.25, 0.3) is 0 Å². The summed E-state index contributed by atoms with van der Waals surface area (Å²) in [6.45, 7) is 2.30. The van der Waals surface area contributed by atoms with Crippen molar-refractivity contribution in [2.75, 3.05) is 16.8 Å². The number of allylic oxidation sites excluding steroid dienone is 3. The number of aliphatic imine (C=N–C) groups is 1. The van der Waals surface area contributed by atoms with Crippen molar-refractivity contribution in [1.29, 1.82) is 0 Å². The molecule has 6 nitrogen and oxygen atoms in total. The molecule has 0 atom stereocenters. The highest BCUT2D eigenvalue weighted by atomic mass is 19.1. The van der Waals surface area contributed by atoms with Crippen LogP contribution in [0, 0.1) is 6.92 Å². The van der Waals surface area contributed by atoms with E-state index in [9.17, 15) is 9.18 Å². The topological polar surface area (TPSA) is 66.8 Å². The smallest absolute Gasteiger partial charge is 0.326 e. The van der Waals surface area contributed by atoms with Crippen LogP contribution < -0.4 is 15.0 Å².